The molecule has 0 saturated carbocycles. The average molecular weight is 227 g/mol. The predicted octanol–water partition coefficient (Wildman–Crippen LogP) is 3.57. The molecule has 0 aliphatic carbocycles. The molecule has 0 saturated heterocycles. The van der Waals surface area contributed by atoms with Gasteiger partial charge in [-0.05, 0) is 12.2 Å². The van der Waals surface area contributed by atoms with Crippen molar-refractivity contribution in [1.82, 2.24) is 0 Å². The van der Waals surface area contributed by atoms with Crippen LogP contribution in [0.3, 0.4) is 0 Å². The molecule has 0 nitrogen and oxygen atoms in total. The quantitative estimate of drug-likeness (QED) is 0.632. The van der Waals surface area contributed by atoms with E-state index in [1.165, 1.54) is 6.08 Å². The molecule has 0 atom stereocenters. The molecule has 0 amide bonds. The van der Waals surface area contributed by atoms with Gasteiger partial charge in [-0.1, -0.05) is 29.1 Å². The summed E-state index contributed by atoms with van der Waals surface area (Å²) in [4.78, 5) is 0. The summed E-state index contributed by atoms with van der Waals surface area (Å²) in [5.74, 6) is 0. The number of hydrogen-bond donors (Lipinski definition) is 0. The van der Waals surface area contributed by atoms with Crippen molar-refractivity contribution in [1.29, 1.82) is 0 Å². The highest BCUT2D eigenvalue weighted by atomic mass is 79.9. The van der Waals surface area contributed by atoms with Gasteiger partial charge in [-0.15, -0.1) is 0 Å². The molecule has 0 fully saturated rings. The van der Waals surface area contributed by atoms with Gasteiger partial charge in [0, 0.05) is 10.1 Å². The van der Waals surface area contributed by atoms with Crippen LogP contribution >= 0.6 is 15.9 Å². The standard InChI is InChI=1S/C7H6BrF3/c1-5(7(9,10)11)3-4-6(2)8/h3-4H,1-2H2/b4-3-. The summed E-state index contributed by atoms with van der Waals surface area (Å²) in [6.45, 7) is 6.15. The van der Waals surface area contributed by atoms with Crippen LogP contribution in [0.15, 0.2) is 35.4 Å². The molecule has 0 spiro atoms. The maximum Gasteiger partial charge on any atom is 0.415 e. The number of rotatable bonds is 2. The van der Waals surface area contributed by atoms with Gasteiger partial charge in [0.25, 0.3) is 0 Å². The highest BCUT2D eigenvalue weighted by Gasteiger charge is 2.29. The van der Waals surface area contributed by atoms with Crippen molar-refractivity contribution in [2.75, 3.05) is 0 Å². The lowest BCUT2D eigenvalue weighted by atomic mass is 10.3. The number of allylic oxidation sites excluding steroid dienone is 4. The zero-order valence-electron chi connectivity index (χ0n) is 5.58. The van der Waals surface area contributed by atoms with Gasteiger partial charge in [0.15, 0.2) is 0 Å². The molecule has 0 N–H and O–H groups in total. The summed E-state index contributed by atoms with van der Waals surface area (Å²) in [5, 5.41) is 0. The molecule has 0 unspecified atom stereocenters. The third-order valence-corrected chi connectivity index (χ3v) is 1.09. The minimum atomic E-state index is -4.35. The fourth-order valence-electron chi connectivity index (χ4n) is 0.286. The second-order valence-electron chi connectivity index (χ2n) is 1.80. The Morgan fingerprint density at radius 3 is 1.91 bits per heavy atom. The lowest BCUT2D eigenvalue weighted by molar-refractivity contribution is -0.0878. The van der Waals surface area contributed by atoms with E-state index in [9.17, 15) is 13.2 Å². The van der Waals surface area contributed by atoms with Gasteiger partial charge >= 0.3 is 6.18 Å². The molecule has 0 aliphatic rings. The van der Waals surface area contributed by atoms with E-state index in [4.69, 9.17) is 0 Å². The van der Waals surface area contributed by atoms with Crippen LogP contribution in [0.4, 0.5) is 13.2 Å². The smallest absolute Gasteiger partial charge is 0.166 e. The average Bonchev–Trinajstić information content (AvgIpc) is 1.80. The zero-order chi connectivity index (χ0) is 9.07. The minimum absolute atomic E-state index is 0.378. The molecular weight excluding hydrogens is 221 g/mol. The first kappa shape index (κ1) is 10.5. The Balaban J connectivity index is 4.20. The van der Waals surface area contributed by atoms with Crippen molar-refractivity contribution in [3.05, 3.63) is 35.4 Å². The van der Waals surface area contributed by atoms with Crippen LogP contribution in [0.25, 0.3) is 0 Å². The number of halogens is 4. The van der Waals surface area contributed by atoms with Crippen LogP contribution in [-0.2, 0) is 0 Å². The van der Waals surface area contributed by atoms with Crippen molar-refractivity contribution < 1.29 is 13.2 Å². The van der Waals surface area contributed by atoms with Gasteiger partial charge in [0.2, 0.25) is 0 Å². The predicted molar refractivity (Wildman–Crippen MR) is 42.4 cm³/mol. The highest BCUT2D eigenvalue weighted by molar-refractivity contribution is 9.11. The van der Waals surface area contributed by atoms with Crippen molar-refractivity contribution in [2.24, 2.45) is 0 Å². The largest absolute Gasteiger partial charge is 0.415 e. The maximum atomic E-state index is 11.7. The second kappa shape index (κ2) is 3.76. The molecule has 0 heterocycles. The minimum Gasteiger partial charge on any atom is -0.166 e. The Kier molecular flexibility index (Phi) is 3.58. The third kappa shape index (κ3) is 4.84. The molecule has 4 heteroatoms. The van der Waals surface area contributed by atoms with Gasteiger partial charge in [0.05, 0.1) is 0 Å². The fourth-order valence-corrected chi connectivity index (χ4v) is 0.418. The lowest BCUT2D eigenvalue weighted by Gasteiger charge is -2.03. The molecule has 0 bridgehead atoms. The van der Waals surface area contributed by atoms with Gasteiger partial charge in [-0.2, -0.15) is 13.2 Å². The molecule has 62 valence electrons. The van der Waals surface area contributed by atoms with Crippen LogP contribution < -0.4 is 0 Å². The second-order valence-corrected chi connectivity index (χ2v) is 2.82. The van der Waals surface area contributed by atoms with E-state index in [2.05, 4.69) is 29.1 Å². The Hall–Kier alpha value is -0.510. The van der Waals surface area contributed by atoms with Crippen LogP contribution in [0, 0.1) is 0 Å². The van der Waals surface area contributed by atoms with Crippen molar-refractivity contribution in [3.8, 4) is 0 Å². The summed E-state index contributed by atoms with van der Waals surface area (Å²) < 4.78 is 35.5. The molecule has 0 radical (unpaired) electrons. The molecule has 0 aromatic rings. The van der Waals surface area contributed by atoms with Crippen molar-refractivity contribution in [3.63, 3.8) is 0 Å². The van der Waals surface area contributed by atoms with Crippen LogP contribution in [0.2, 0.25) is 0 Å². The van der Waals surface area contributed by atoms with E-state index < -0.39 is 11.7 Å². The number of hydrogen-bond acceptors (Lipinski definition) is 0. The molecule has 0 aromatic carbocycles. The summed E-state index contributed by atoms with van der Waals surface area (Å²) >= 11 is 2.88. The molecular formula is C7H6BrF3. The van der Waals surface area contributed by atoms with Gasteiger partial charge in [-0.3, -0.25) is 0 Å². The van der Waals surface area contributed by atoms with E-state index in [1.54, 1.807) is 0 Å². The lowest BCUT2D eigenvalue weighted by Crippen LogP contribution is -2.08. The highest BCUT2D eigenvalue weighted by Crippen LogP contribution is 2.25. The van der Waals surface area contributed by atoms with E-state index >= 15 is 0 Å². The number of alkyl halides is 3. The van der Waals surface area contributed by atoms with Crippen LogP contribution in [0.1, 0.15) is 0 Å². The van der Waals surface area contributed by atoms with E-state index in [0.717, 1.165) is 6.08 Å². The van der Waals surface area contributed by atoms with Crippen molar-refractivity contribution >= 4 is 15.9 Å². The van der Waals surface area contributed by atoms with E-state index in [1.807, 2.05) is 0 Å². The topological polar surface area (TPSA) is 0 Å². The summed E-state index contributed by atoms with van der Waals surface area (Å²) in [7, 11) is 0. The fraction of sp³-hybridized carbons (Fsp3) is 0.143. The van der Waals surface area contributed by atoms with Gasteiger partial charge in [-0.25, -0.2) is 0 Å². The monoisotopic (exact) mass is 226 g/mol. The molecule has 11 heavy (non-hydrogen) atoms. The van der Waals surface area contributed by atoms with E-state index in [0.29, 0.717) is 4.48 Å². The van der Waals surface area contributed by atoms with Gasteiger partial charge < -0.3 is 0 Å². The Morgan fingerprint density at radius 1 is 1.18 bits per heavy atom. The Bertz CT molecular complexity index is 200. The first-order valence-corrected chi connectivity index (χ1v) is 3.42. The van der Waals surface area contributed by atoms with Crippen molar-refractivity contribution in [2.45, 2.75) is 6.18 Å². The normalized spacial score (nSPS) is 12.0. The van der Waals surface area contributed by atoms with Crippen LogP contribution in [-0.4, -0.2) is 6.18 Å². The molecule has 0 rings (SSSR count). The Morgan fingerprint density at radius 2 is 1.64 bits per heavy atom. The zero-order valence-corrected chi connectivity index (χ0v) is 7.17. The van der Waals surface area contributed by atoms with E-state index in [-0.39, 0.29) is 0 Å². The first-order valence-electron chi connectivity index (χ1n) is 2.62. The van der Waals surface area contributed by atoms with Crippen LogP contribution in [0.5, 0.6) is 0 Å². The first-order chi connectivity index (χ1) is 4.84. The summed E-state index contributed by atoms with van der Waals surface area (Å²) in [5.41, 5.74) is -0.891. The summed E-state index contributed by atoms with van der Waals surface area (Å²) in [6.07, 6.45) is -2.30. The molecule has 0 aromatic heterocycles. The molecule has 0 aliphatic heterocycles. The van der Waals surface area contributed by atoms with Gasteiger partial charge in [0.1, 0.15) is 0 Å². The maximum absolute atomic E-state index is 11.7. The SMILES string of the molecule is C=C(Br)/C=C\C(=C)C(F)(F)F. The third-order valence-electron chi connectivity index (χ3n) is 0.829. The summed E-state index contributed by atoms with van der Waals surface area (Å²) in [6, 6.07) is 0. The Labute approximate surface area is 71.2 Å².